The van der Waals surface area contributed by atoms with Crippen molar-refractivity contribution in [1.29, 1.82) is 0 Å². The van der Waals surface area contributed by atoms with Gasteiger partial charge in [0.2, 0.25) is 0 Å². The van der Waals surface area contributed by atoms with E-state index >= 15 is 0 Å². The lowest BCUT2D eigenvalue weighted by molar-refractivity contribution is 0.00247. The molecule has 1 aliphatic rings. The number of hydrogen-bond acceptors (Lipinski definition) is 5. The van der Waals surface area contributed by atoms with E-state index in [0.29, 0.717) is 0 Å². The van der Waals surface area contributed by atoms with Gasteiger partial charge in [0.25, 0.3) is 17.5 Å². The van der Waals surface area contributed by atoms with Gasteiger partial charge >= 0.3 is 0 Å². The van der Waals surface area contributed by atoms with Crippen molar-refractivity contribution in [3.8, 4) is 0 Å². The average molecular weight is 466 g/mol. The first-order chi connectivity index (χ1) is 15.7. The van der Waals surface area contributed by atoms with Crippen LogP contribution in [-0.4, -0.2) is 33.7 Å². The standard InChI is InChI=1S/C22H22F4N4O3/c1-11(12-4-3-5-13(19(12)24)20(25)26)27-21-15-9-30(17-6-7-33-10-16(17)23)18(31)8-14(15)22(32)29(2)28-21/h3-5,8-9,11,16-17,20H,6-7,10H2,1-2H3,(H,27,28)/t11-,16+,17-/m1/s1. The summed E-state index contributed by atoms with van der Waals surface area (Å²) in [4.78, 5) is 25.3. The molecule has 11 heteroatoms. The monoisotopic (exact) mass is 466 g/mol. The van der Waals surface area contributed by atoms with Gasteiger partial charge in [-0.2, -0.15) is 5.10 Å². The third kappa shape index (κ3) is 4.24. The summed E-state index contributed by atoms with van der Waals surface area (Å²) in [5, 5.41) is 7.40. The summed E-state index contributed by atoms with van der Waals surface area (Å²) in [6.45, 7) is 1.69. The topological polar surface area (TPSA) is 78.2 Å². The van der Waals surface area contributed by atoms with Gasteiger partial charge in [-0.3, -0.25) is 9.59 Å². The van der Waals surface area contributed by atoms with Gasteiger partial charge < -0.3 is 14.6 Å². The van der Waals surface area contributed by atoms with Crippen molar-refractivity contribution in [2.24, 2.45) is 7.05 Å². The molecule has 1 N–H and O–H groups in total. The molecule has 0 radical (unpaired) electrons. The van der Waals surface area contributed by atoms with Crippen LogP contribution in [0.5, 0.6) is 0 Å². The molecule has 3 heterocycles. The minimum atomic E-state index is -2.98. The number of nitrogens with zero attached hydrogens (tertiary/aromatic N) is 3. The van der Waals surface area contributed by atoms with Crippen molar-refractivity contribution >= 4 is 16.6 Å². The molecule has 0 saturated carbocycles. The second kappa shape index (κ2) is 8.97. The fraction of sp³-hybridized carbons (Fsp3) is 0.409. The summed E-state index contributed by atoms with van der Waals surface area (Å²) >= 11 is 0. The number of halogens is 4. The van der Waals surface area contributed by atoms with Crippen molar-refractivity contribution < 1.29 is 22.3 Å². The van der Waals surface area contributed by atoms with E-state index in [-0.39, 0.29) is 41.8 Å². The minimum absolute atomic E-state index is 0.0156. The van der Waals surface area contributed by atoms with Gasteiger partial charge in [0.15, 0.2) is 5.82 Å². The first kappa shape index (κ1) is 23.0. The highest BCUT2D eigenvalue weighted by Gasteiger charge is 2.28. The number of ether oxygens (including phenoxy) is 1. The molecule has 7 nitrogen and oxygen atoms in total. The quantitative estimate of drug-likeness (QED) is 0.581. The van der Waals surface area contributed by atoms with Gasteiger partial charge in [-0.05, 0) is 13.3 Å². The molecule has 0 bridgehead atoms. The normalized spacial score (nSPS) is 19.7. The smallest absolute Gasteiger partial charge is 0.274 e. The lowest BCUT2D eigenvalue weighted by Crippen LogP contribution is -2.37. The van der Waals surface area contributed by atoms with Gasteiger partial charge in [0.05, 0.1) is 29.6 Å². The maximum atomic E-state index is 14.6. The summed E-state index contributed by atoms with van der Waals surface area (Å²) in [5.41, 5.74) is -1.82. The maximum Gasteiger partial charge on any atom is 0.274 e. The molecule has 4 rings (SSSR count). The zero-order valence-corrected chi connectivity index (χ0v) is 17.9. The number of benzene rings is 1. The average Bonchev–Trinajstić information content (AvgIpc) is 2.77. The van der Waals surface area contributed by atoms with Crippen molar-refractivity contribution in [2.75, 3.05) is 18.5 Å². The zero-order chi connectivity index (χ0) is 23.9. The molecular formula is C22H22F4N4O3. The van der Waals surface area contributed by atoms with E-state index in [4.69, 9.17) is 4.74 Å². The molecule has 1 aliphatic heterocycles. The Kier molecular flexibility index (Phi) is 6.24. The van der Waals surface area contributed by atoms with E-state index < -0.39 is 47.2 Å². The molecule has 0 spiro atoms. The second-order valence-electron chi connectivity index (χ2n) is 7.99. The lowest BCUT2D eigenvalue weighted by Gasteiger charge is -2.28. The van der Waals surface area contributed by atoms with Crippen molar-refractivity contribution in [3.05, 3.63) is 68.1 Å². The fourth-order valence-corrected chi connectivity index (χ4v) is 4.06. The SMILES string of the molecule is C[C@@H](Nc1nn(C)c(=O)c2cc(=O)n([C@@H]3CCOC[C@@H]3F)cc12)c1cccc(C(F)F)c1F. The predicted octanol–water partition coefficient (Wildman–Crippen LogP) is 3.64. The molecule has 176 valence electrons. The van der Waals surface area contributed by atoms with E-state index in [1.807, 2.05) is 0 Å². The van der Waals surface area contributed by atoms with Gasteiger partial charge in [0.1, 0.15) is 12.0 Å². The highest BCUT2D eigenvalue weighted by atomic mass is 19.3. The first-order valence-corrected chi connectivity index (χ1v) is 10.4. The Morgan fingerprint density at radius 3 is 2.64 bits per heavy atom. The van der Waals surface area contributed by atoms with E-state index in [9.17, 15) is 27.2 Å². The van der Waals surface area contributed by atoms with E-state index in [1.165, 1.54) is 29.9 Å². The van der Waals surface area contributed by atoms with Gasteiger partial charge in [-0.25, -0.2) is 22.2 Å². The second-order valence-corrected chi connectivity index (χ2v) is 7.99. The van der Waals surface area contributed by atoms with Gasteiger partial charge in [-0.1, -0.05) is 18.2 Å². The van der Waals surface area contributed by atoms with Crippen molar-refractivity contribution in [3.63, 3.8) is 0 Å². The summed E-state index contributed by atoms with van der Waals surface area (Å²) in [6, 6.07) is 3.24. The molecular weight excluding hydrogens is 444 g/mol. The Morgan fingerprint density at radius 2 is 1.94 bits per heavy atom. The number of pyridine rings is 1. The molecule has 0 amide bonds. The Hall–Kier alpha value is -3.21. The number of nitrogens with one attached hydrogen (secondary N) is 1. The summed E-state index contributed by atoms with van der Waals surface area (Å²) in [6.07, 6.45) is -2.75. The highest BCUT2D eigenvalue weighted by Crippen LogP contribution is 2.30. The Bertz CT molecular complexity index is 1310. The number of aromatic nitrogens is 3. The molecule has 1 fully saturated rings. The molecule has 0 unspecified atom stereocenters. The molecule has 2 aromatic heterocycles. The number of alkyl halides is 3. The Balaban J connectivity index is 1.81. The van der Waals surface area contributed by atoms with E-state index in [2.05, 4.69) is 10.4 Å². The van der Waals surface area contributed by atoms with Crippen LogP contribution in [0.1, 0.15) is 43.0 Å². The number of hydrogen-bond donors (Lipinski definition) is 1. The highest BCUT2D eigenvalue weighted by molar-refractivity contribution is 5.90. The molecule has 0 aliphatic carbocycles. The van der Waals surface area contributed by atoms with Crippen LogP contribution in [0.3, 0.4) is 0 Å². The summed E-state index contributed by atoms with van der Waals surface area (Å²) < 4.78 is 62.6. The number of fused-ring (bicyclic) bond motifs is 1. The molecule has 1 saturated heterocycles. The van der Waals surface area contributed by atoms with Crippen LogP contribution in [0.25, 0.3) is 10.8 Å². The minimum Gasteiger partial charge on any atom is -0.378 e. The van der Waals surface area contributed by atoms with Crippen LogP contribution in [0.15, 0.2) is 40.1 Å². The third-order valence-corrected chi connectivity index (χ3v) is 5.83. The van der Waals surface area contributed by atoms with Crippen LogP contribution >= 0.6 is 0 Å². The van der Waals surface area contributed by atoms with Crippen molar-refractivity contribution in [1.82, 2.24) is 14.3 Å². The molecule has 3 aromatic rings. The number of aryl methyl sites for hydroxylation is 1. The summed E-state index contributed by atoms with van der Waals surface area (Å²) in [5.74, 6) is -0.918. The maximum absolute atomic E-state index is 14.6. The van der Waals surface area contributed by atoms with Gasteiger partial charge in [-0.15, -0.1) is 0 Å². The Morgan fingerprint density at radius 1 is 1.21 bits per heavy atom. The van der Waals surface area contributed by atoms with Crippen LogP contribution in [-0.2, 0) is 11.8 Å². The summed E-state index contributed by atoms with van der Waals surface area (Å²) in [7, 11) is 1.39. The van der Waals surface area contributed by atoms with Crippen LogP contribution in [0.4, 0.5) is 23.4 Å². The van der Waals surface area contributed by atoms with Gasteiger partial charge in [0, 0.05) is 36.9 Å². The molecule has 3 atom stereocenters. The largest absolute Gasteiger partial charge is 0.378 e. The third-order valence-electron chi connectivity index (χ3n) is 5.83. The molecule has 1 aromatic carbocycles. The van der Waals surface area contributed by atoms with E-state index in [0.717, 1.165) is 16.8 Å². The number of rotatable bonds is 5. The fourth-order valence-electron chi connectivity index (χ4n) is 4.06. The first-order valence-electron chi connectivity index (χ1n) is 10.4. The van der Waals surface area contributed by atoms with Crippen LogP contribution < -0.4 is 16.4 Å². The van der Waals surface area contributed by atoms with E-state index in [1.54, 1.807) is 6.92 Å². The van der Waals surface area contributed by atoms with Crippen LogP contribution in [0.2, 0.25) is 0 Å². The lowest BCUT2D eigenvalue weighted by atomic mass is 10.0. The predicted molar refractivity (Wildman–Crippen MR) is 114 cm³/mol. The Labute approximate surface area is 185 Å². The number of anilines is 1. The zero-order valence-electron chi connectivity index (χ0n) is 17.9. The van der Waals surface area contributed by atoms with Crippen LogP contribution in [0, 0.1) is 5.82 Å². The van der Waals surface area contributed by atoms with Crippen molar-refractivity contribution in [2.45, 2.75) is 38.0 Å². The molecule has 33 heavy (non-hydrogen) atoms.